The maximum Gasteiger partial charge on any atom is 0.240 e. The number of hydrogen-bond acceptors (Lipinski definition) is 2. The predicted molar refractivity (Wildman–Crippen MR) is 59.1 cm³/mol. The summed E-state index contributed by atoms with van der Waals surface area (Å²) in [7, 11) is 0. The van der Waals surface area contributed by atoms with Gasteiger partial charge in [-0.1, -0.05) is 24.3 Å². The molecule has 0 radical (unpaired) electrons. The Morgan fingerprint density at radius 2 is 2.20 bits per heavy atom. The molecule has 3 nitrogen and oxygen atoms in total. The molecule has 0 fully saturated rings. The molecule has 1 aromatic carbocycles. The first-order valence-corrected chi connectivity index (χ1v) is 5.25. The standard InChI is InChI=1S/C12H16N2O/c1-8(13)12(15)14-7-10-5-3-4-6-11(10)9(14)2/h3-6,8-9H,7,13H2,1-2H3/t8-,9?/m1/s1. The molecule has 1 aromatic rings. The highest BCUT2D eigenvalue weighted by Crippen LogP contribution is 2.33. The van der Waals surface area contributed by atoms with Gasteiger partial charge in [0, 0.05) is 6.54 Å². The topological polar surface area (TPSA) is 46.3 Å². The molecular formula is C12H16N2O. The van der Waals surface area contributed by atoms with Gasteiger partial charge < -0.3 is 10.6 Å². The summed E-state index contributed by atoms with van der Waals surface area (Å²) in [6.45, 7) is 4.47. The Balaban J connectivity index is 2.27. The lowest BCUT2D eigenvalue weighted by molar-refractivity contribution is -0.134. The third-order valence-corrected chi connectivity index (χ3v) is 2.99. The zero-order chi connectivity index (χ0) is 11.0. The molecule has 0 aromatic heterocycles. The molecule has 2 atom stereocenters. The number of benzene rings is 1. The Bertz CT molecular complexity index is 387. The number of rotatable bonds is 1. The number of hydrogen-bond donors (Lipinski definition) is 1. The van der Waals surface area contributed by atoms with E-state index < -0.39 is 6.04 Å². The van der Waals surface area contributed by atoms with Crippen molar-refractivity contribution < 1.29 is 4.79 Å². The molecule has 1 unspecified atom stereocenters. The fourth-order valence-corrected chi connectivity index (χ4v) is 2.10. The minimum Gasteiger partial charge on any atom is -0.330 e. The van der Waals surface area contributed by atoms with Crippen LogP contribution < -0.4 is 5.73 Å². The highest BCUT2D eigenvalue weighted by atomic mass is 16.2. The van der Waals surface area contributed by atoms with Gasteiger partial charge in [-0.25, -0.2) is 0 Å². The fraction of sp³-hybridized carbons (Fsp3) is 0.417. The Morgan fingerprint density at radius 1 is 1.53 bits per heavy atom. The Labute approximate surface area is 89.9 Å². The molecule has 2 rings (SSSR count). The largest absolute Gasteiger partial charge is 0.330 e. The highest BCUT2D eigenvalue weighted by Gasteiger charge is 2.30. The average molecular weight is 204 g/mol. The van der Waals surface area contributed by atoms with Gasteiger partial charge in [0.2, 0.25) is 5.91 Å². The predicted octanol–water partition coefficient (Wildman–Crippen LogP) is 1.44. The van der Waals surface area contributed by atoms with E-state index in [2.05, 4.69) is 12.1 Å². The lowest BCUT2D eigenvalue weighted by Crippen LogP contribution is -2.40. The van der Waals surface area contributed by atoms with Crippen molar-refractivity contribution >= 4 is 5.91 Å². The second-order valence-electron chi connectivity index (χ2n) is 4.13. The Morgan fingerprint density at radius 3 is 2.80 bits per heavy atom. The van der Waals surface area contributed by atoms with Crippen molar-refractivity contribution in [3.05, 3.63) is 35.4 Å². The second kappa shape index (κ2) is 3.66. The third kappa shape index (κ3) is 1.63. The number of fused-ring (bicyclic) bond motifs is 1. The fourth-order valence-electron chi connectivity index (χ4n) is 2.10. The van der Waals surface area contributed by atoms with Crippen LogP contribution >= 0.6 is 0 Å². The summed E-state index contributed by atoms with van der Waals surface area (Å²) in [5, 5.41) is 0. The van der Waals surface area contributed by atoms with E-state index in [0.29, 0.717) is 6.54 Å². The normalized spacial score (nSPS) is 21.3. The van der Waals surface area contributed by atoms with Crippen LogP contribution in [0.25, 0.3) is 0 Å². The molecule has 0 bridgehead atoms. The third-order valence-electron chi connectivity index (χ3n) is 2.99. The van der Waals surface area contributed by atoms with Crippen LogP contribution in [-0.2, 0) is 11.3 Å². The molecule has 0 spiro atoms. The molecule has 80 valence electrons. The van der Waals surface area contributed by atoms with E-state index in [1.807, 2.05) is 24.0 Å². The molecule has 1 aliphatic heterocycles. The van der Waals surface area contributed by atoms with Crippen molar-refractivity contribution in [3.63, 3.8) is 0 Å². The summed E-state index contributed by atoms with van der Waals surface area (Å²) in [6.07, 6.45) is 0. The summed E-state index contributed by atoms with van der Waals surface area (Å²) in [5.41, 5.74) is 8.10. The van der Waals surface area contributed by atoms with Gasteiger partial charge in [-0.3, -0.25) is 4.79 Å². The smallest absolute Gasteiger partial charge is 0.240 e. The quantitative estimate of drug-likeness (QED) is 0.752. The van der Waals surface area contributed by atoms with E-state index in [9.17, 15) is 4.79 Å². The van der Waals surface area contributed by atoms with Crippen molar-refractivity contribution in [3.8, 4) is 0 Å². The SMILES string of the molecule is CC1c2ccccc2CN1C(=O)[C@@H](C)N. The van der Waals surface area contributed by atoms with E-state index in [0.717, 1.165) is 0 Å². The summed E-state index contributed by atoms with van der Waals surface area (Å²) < 4.78 is 0. The van der Waals surface area contributed by atoms with E-state index >= 15 is 0 Å². The average Bonchev–Trinajstić information content (AvgIpc) is 2.56. The van der Waals surface area contributed by atoms with Gasteiger partial charge in [0.1, 0.15) is 0 Å². The van der Waals surface area contributed by atoms with Gasteiger partial charge in [0.15, 0.2) is 0 Å². The Kier molecular flexibility index (Phi) is 2.49. The summed E-state index contributed by atoms with van der Waals surface area (Å²) >= 11 is 0. The van der Waals surface area contributed by atoms with Crippen LogP contribution in [0.3, 0.4) is 0 Å². The second-order valence-corrected chi connectivity index (χ2v) is 4.13. The molecule has 0 saturated heterocycles. The van der Waals surface area contributed by atoms with Crippen LogP contribution in [0.15, 0.2) is 24.3 Å². The van der Waals surface area contributed by atoms with Gasteiger partial charge in [-0.15, -0.1) is 0 Å². The number of nitrogens with zero attached hydrogens (tertiary/aromatic N) is 1. The molecule has 0 aliphatic carbocycles. The van der Waals surface area contributed by atoms with Crippen molar-refractivity contribution in [1.29, 1.82) is 0 Å². The highest BCUT2D eigenvalue weighted by molar-refractivity contribution is 5.82. The summed E-state index contributed by atoms with van der Waals surface area (Å²) in [6, 6.07) is 7.90. The lowest BCUT2D eigenvalue weighted by Gasteiger charge is -2.23. The van der Waals surface area contributed by atoms with E-state index in [-0.39, 0.29) is 11.9 Å². The van der Waals surface area contributed by atoms with Crippen LogP contribution in [0.1, 0.15) is 31.0 Å². The summed E-state index contributed by atoms with van der Waals surface area (Å²) in [4.78, 5) is 13.7. The van der Waals surface area contributed by atoms with Crippen LogP contribution in [0.4, 0.5) is 0 Å². The summed E-state index contributed by atoms with van der Waals surface area (Å²) in [5.74, 6) is 0.0266. The molecule has 15 heavy (non-hydrogen) atoms. The van der Waals surface area contributed by atoms with Crippen molar-refractivity contribution in [1.82, 2.24) is 4.90 Å². The van der Waals surface area contributed by atoms with Gasteiger partial charge >= 0.3 is 0 Å². The first kappa shape index (κ1) is 10.2. The number of amides is 1. The number of carbonyl (C=O) groups excluding carboxylic acids is 1. The molecule has 2 N–H and O–H groups in total. The maximum atomic E-state index is 11.8. The van der Waals surface area contributed by atoms with E-state index in [1.54, 1.807) is 6.92 Å². The minimum atomic E-state index is -0.415. The molecule has 3 heteroatoms. The van der Waals surface area contributed by atoms with Crippen molar-refractivity contribution in [2.45, 2.75) is 32.5 Å². The molecular weight excluding hydrogens is 188 g/mol. The Hall–Kier alpha value is -1.35. The van der Waals surface area contributed by atoms with Gasteiger partial charge in [0.25, 0.3) is 0 Å². The number of nitrogens with two attached hydrogens (primary N) is 1. The first-order valence-electron chi connectivity index (χ1n) is 5.25. The van der Waals surface area contributed by atoms with Gasteiger partial charge in [0.05, 0.1) is 12.1 Å². The van der Waals surface area contributed by atoms with Crippen LogP contribution in [0, 0.1) is 0 Å². The monoisotopic (exact) mass is 204 g/mol. The molecule has 0 saturated carbocycles. The van der Waals surface area contributed by atoms with Crippen LogP contribution in [0.5, 0.6) is 0 Å². The van der Waals surface area contributed by atoms with Crippen molar-refractivity contribution in [2.24, 2.45) is 5.73 Å². The molecule has 1 heterocycles. The van der Waals surface area contributed by atoms with E-state index in [1.165, 1.54) is 11.1 Å². The van der Waals surface area contributed by atoms with Gasteiger partial charge in [-0.2, -0.15) is 0 Å². The van der Waals surface area contributed by atoms with Gasteiger partial charge in [-0.05, 0) is 25.0 Å². The first-order chi connectivity index (χ1) is 7.11. The number of carbonyl (C=O) groups is 1. The minimum absolute atomic E-state index is 0.0266. The van der Waals surface area contributed by atoms with Crippen molar-refractivity contribution in [2.75, 3.05) is 0 Å². The van der Waals surface area contributed by atoms with Crippen LogP contribution in [-0.4, -0.2) is 16.8 Å². The maximum absolute atomic E-state index is 11.8. The zero-order valence-electron chi connectivity index (χ0n) is 9.10. The molecule has 1 aliphatic rings. The van der Waals surface area contributed by atoms with E-state index in [4.69, 9.17) is 5.73 Å². The molecule has 1 amide bonds. The zero-order valence-corrected chi connectivity index (χ0v) is 9.10. The van der Waals surface area contributed by atoms with Crippen LogP contribution in [0.2, 0.25) is 0 Å². The lowest BCUT2D eigenvalue weighted by atomic mass is 10.1.